The third-order valence-corrected chi connectivity index (χ3v) is 5.11. The average Bonchev–Trinajstić information content (AvgIpc) is 3.00. The first-order chi connectivity index (χ1) is 13.4. The number of halogens is 3. The number of nitrogens with one attached hydrogen (secondary N) is 1. The van der Waals surface area contributed by atoms with Gasteiger partial charge in [-0.25, -0.2) is 13.2 Å². The Morgan fingerprint density at radius 1 is 1.14 bits per heavy atom. The van der Waals surface area contributed by atoms with E-state index in [1.165, 1.54) is 12.1 Å². The van der Waals surface area contributed by atoms with Crippen LogP contribution in [0.15, 0.2) is 47.6 Å². The Kier molecular flexibility index (Phi) is 6.03. The van der Waals surface area contributed by atoms with Gasteiger partial charge in [-0.15, -0.1) is 10.2 Å². The van der Waals surface area contributed by atoms with Gasteiger partial charge in [0, 0.05) is 18.7 Å². The lowest BCUT2D eigenvalue weighted by Gasteiger charge is -2.15. The van der Waals surface area contributed by atoms with E-state index in [0.29, 0.717) is 16.5 Å². The fourth-order valence-electron chi connectivity index (χ4n) is 2.66. The predicted molar refractivity (Wildman–Crippen MR) is 100 cm³/mol. The lowest BCUT2D eigenvalue weighted by molar-refractivity contribution is -0.119. The molecular formula is C19H17F3N4OS. The number of benzene rings is 2. The van der Waals surface area contributed by atoms with Gasteiger partial charge in [0.15, 0.2) is 11.0 Å². The second-order valence-corrected chi connectivity index (χ2v) is 7.03. The molecule has 0 bridgehead atoms. The van der Waals surface area contributed by atoms with Crippen molar-refractivity contribution in [2.75, 3.05) is 5.75 Å². The molecule has 9 heteroatoms. The third-order valence-electron chi connectivity index (χ3n) is 4.09. The number of thioether (sulfide) groups is 1. The lowest BCUT2D eigenvalue weighted by Crippen LogP contribution is -2.28. The molecule has 0 fully saturated rings. The molecular weight excluding hydrogens is 389 g/mol. The zero-order valence-corrected chi connectivity index (χ0v) is 15.9. The largest absolute Gasteiger partial charge is 0.349 e. The van der Waals surface area contributed by atoms with E-state index in [9.17, 15) is 18.0 Å². The van der Waals surface area contributed by atoms with E-state index < -0.39 is 23.5 Å². The first kappa shape index (κ1) is 19.9. The van der Waals surface area contributed by atoms with Gasteiger partial charge in [-0.05, 0) is 25.1 Å². The van der Waals surface area contributed by atoms with Crippen LogP contribution in [-0.2, 0) is 11.8 Å². The zero-order chi connectivity index (χ0) is 20.3. The second kappa shape index (κ2) is 8.47. The Hall–Kier alpha value is -2.81. The summed E-state index contributed by atoms with van der Waals surface area (Å²) in [5, 5.41) is 11.1. The molecule has 0 radical (unpaired) electrons. The number of amides is 1. The summed E-state index contributed by atoms with van der Waals surface area (Å²) in [7, 11) is 1.68. The van der Waals surface area contributed by atoms with Crippen LogP contribution in [0, 0.1) is 17.5 Å². The smallest absolute Gasteiger partial charge is 0.230 e. The van der Waals surface area contributed by atoms with Crippen LogP contribution in [0.4, 0.5) is 13.2 Å². The van der Waals surface area contributed by atoms with Gasteiger partial charge in [0.25, 0.3) is 0 Å². The zero-order valence-electron chi connectivity index (χ0n) is 15.1. The van der Waals surface area contributed by atoms with Gasteiger partial charge in [0.2, 0.25) is 5.91 Å². The minimum Gasteiger partial charge on any atom is -0.349 e. The molecule has 0 unspecified atom stereocenters. The molecule has 1 aromatic heterocycles. The maximum atomic E-state index is 13.9. The predicted octanol–water partition coefficient (Wildman–Crippen LogP) is 3.87. The van der Waals surface area contributed by atoms with E-state index in [4.69, 9.17) is 0 Å². The molecule has 0 aliphatic rings. The SMILES string of the molecule is C[C@H](NC(=O)CSc1nnc(-c2ccccc2F)n1C)c1ccc(F)cc1F. The molecule has 0 saturated carbocycles. The van der Waals surface area contributed by atoms with Crippen LogP contribution in [-0.4, -0.2) is 26.4 Å². The van der Waals surface area contributed by atoms with Gasteiger partial charge in [-0.1, -0.05) is 30.0 Å². The van der Waals surface area contributed by atoms with Gasteiger partial charge < -0.3 is 9.88 Å². The Balaban J connectivity index is 1.63. The molecule has 1 amide bonds. The molecule has 1 N–H and O–H groups in total. The fraction of sp³-hybridized carbons (Fsp3) is 0.211. The molecule has 0 spiro atoms. The standard InChI is InChI=1S/C19H17F3N4OS/c1-11(13-8-7-12(20)9-16(13)22)23-17(27)10-28-19-25-24-18(26(19)2)14-5-3-4-6-15(14)21/h3-9,11H,10H2,1-2H3,(H,23,27)/t11-/m0/s1. The van der Waals surface area contributed by atoms with E-state index in [1.807, 2.05) is 0 Å². The Labute approximate surface area is 164 Å². The number of rotatable bonds is 6. The average molecular weight is 406 g/mol. The highest BCUT2D eigenvalue weighted by atomic mass is 32.2. The van der Waals surface area contributed by atoms with Crippen molar-refractivity contribution in [3.63, 3.8) is 0 Å². The summed E-state index contributed by atoms with van der Waals surface area (Å²) in [5.41, 5.74) is 0.509. The Bertz CT molecular complexity index is 1010. The first-order valence-corrected chi connectivity index (χ1v) is 9.36. The number of hydrogen-bond acceptors (Lipinski definition) is 4. The fourth-order valence-corrected chi connectivity index (χ4v) is 3.38. The quantitative estimate of drug-likeness (QED) is 0.632. The normalized spacial score (nSPS) is 12.0. The number of nitrogens with zero attached hydrogens (tertiary/aromatic N) is 3. The summed E-state index contributed by atoms with van der Waals surface area (Å²) in [5.74, 6) is -1.80. The summed E-state index contributed by atoms with van der Waals surface area (Å²) < 4.78 is 42.3. The van der Waals surface area contributed by atoms with Crippen molar-refractivity contribution in [2.24, 2.45) is 7.05 Å². The molecule has 3 rings (SSSR count). The van der Waals surface area contributed by atoms with Crippen LogP contribution >= 0.6 is 11.8 Å². The highest BCUT2D eigenvalue weighted by molar-refractivity contribution is 7.99. The molecule has 5 nitrogen and oxygen atoms in total. The molecule has 2 aromatic carbocycles. The molecule has 3 aromatic rings. The van der Waals surface area contributed by atoms with Gasteiger partial charge in [0.05, 0.1) is 17.4 Å². The van der Waals surface area contributed by atoms with Crippen LogP contribution in [0.3, 0.4) is 0 Å². The van der Waals surface area contributed by atoms with Crippen molar-refractivity contribution in [1.29, 1.82) is 0 Å². The molecule has 0 aliphatic carbocycles. The molecule has 1 heterocycles. The van der Waals surface area contributed by atoms with Crippen molar-refractivity contribution >= 4 is 17.7 Å². The van der Waals surface area contributed by atoms with Crippen LogP contribution in [0.1, 0.15) is 18.5 Å². The van der Waals surface area contributed by atoms with Crippen molar-refractivity contribution in [3.05, 3.63) is 65.5 Å². The van der Waals surface area contributed by atoms with Crippen LogP contribution < -0.4 is 5.32 Å². The van der Waals surface area contributed by atoms with Gasteiger partial charge in [-0.3, -0.25) is 4.79 Å². The van der Waals surface area contributed by atoms with Crippen molar-refractivity contribution in [1.82, 2.24) is 20.1 Å². The topological polar surface area (TPSA) is 59.8 Å². The van der Waals surface area contributed by atoms with E-state index in [-0.39, 0.29) is 17.2 Å². The van der Waals surface area contributed by atoms with Gasteiger partial charge in [-0.2, -0.15) is 0 Å². The second-order valence-electron chi connectivity index (χ2n) is 6.09. The first-order valence-electron chi connectivity index (χ1n) is 8.38. The number of carbonyl (C=O) groups is 1. The van der Waals surface area contributed by atoms with E-state index in [2.05, 4.69) is 15.5 Å². The molecule has 28 heavy (non-hydrogen) atoms. The van der Waals surface area contributed by atoms with Crippen LogP contribution in [0.2, 0.25) is 0 Å². The molecule has 1 atom stereocenters. The maximum Gasteiger partial charge on any atom is 0.230 e. The summed E-state index contributed by atoms with van der Waals surface area (Å²) in [6, 6.07) is 8.80. The molecule has 0 aliphatic heterocycles. The summed E-state index contributed by atoms with van der Waals surface area (Å²) in [4.78, 5) is 12.2. The number of hydrogen-bond donors (Lipinski definition) is 1. The van der Waals surface area contributed by atoms with Crippen LogP contribution in [0.25, 0.3) is 11.4 Å². The van der Waals surface area contributed by atoms with E-state index >= 15 is 0 Å². The number of aromatic nitrogens is 3. The van der Waals surface area contributed by atoms with Crippen molar-refractivity contribution < 1.29 is 18.0 Å². The Morgan fingerprint density at radius 2 is 1.89 bits per heavy atom. The van der Waals surface area contributed by atoms with Gasteiger partial charge in [0.1, 0.15) is 17.5 Å². The lowest BCUT2D eigenvalue weighted by atomic mass is 10.1. The van der Waals surface area contributed by atoms with Crippen molar-refractivity contribution in [2.45, 2.75) is 18.1 Å². The number of carbonyl (C=O) groups excluding carboxylic acids is 1. The van der Waals surface area contributed by atoms with Crippen LogP contribution in [0.5, 0.6) is 0 Å². The molecule has 146 valence electrons. The van der Waals surface area contributed by atoms with Crippen molar-refractivity contribution in [3.8, 4) is 11.4 Å². The summed E-state index contributed by atoms with van der Waals surface area (Å²) in [6.45, 7) is 1.61. The maximum absolute atomic E-state index is 13.9. The highest BCUT2D eigenvalue weighted by Gasteiger charge is 2.17. The summed E-state index contributed by atoms with van der Waals surface area (Å²) in [6.07, 6.45) is 0. The third kappa shape index (κ3) is 4.36. The monoisotopic (exact) mass is 406 g/mol. The van der Waals surface area contributed by atoms with Gasteiger partial charge >= 0.3 is 0 Å². The summed E-state index contributed by atoms with van der Waals surface area (Å²) >= 11 is 1.12. The molecule has 0 saturated heterocycles. The highest BCUT2D eigenvalue weighted by Crippen LogP contribution is 2.25. The van der Waals surface area contributed by atoms with E-state index in [1.54, 1.807) is 36.7 Å². The Morgan fingerprint density at radius 3 is 2.61 bits per heavy atom. The van der Waals surface area contributed by atoms with E-state index in [0.717, 1.165) is 23.9 Å². The minimum absolute atomic E-state index is 0.0103. The minimum atomic E-state index is -0.719.